The molecule has 0 saturated carbocycles. The number of nitrogens with zero attached hydrogens (tertiary/aromatic N) is 4. The van der Waals surface area contributed by atoms with Crippen LogP contribution in [0.2, 0.25) is 0 Å². The summed E-state index contributed by atoms with van der Waals surface area (Å²) < 4.78 is 5.91. The van der Waals surface area contributed by atoms with E-state index < -0.39 is 0 Å². The predicted octanol–water partition coefficient (Wildman–Crippen LogP) is 3.90. The highest BCUT2D eigenvalue weighted by molar-refractivity contribution is 6.10. The van der Waals surface area contributed by atoms with Crippen LogP contribution in [0, 0.1) is 5.41 Å². The standard InChI is InChI=1S/C21H25N7O/c1-5-29-21-16(15(9-22)10-23-4)12-24-17-6-7-18(27-20(17)21)26-19-8-14(13(2)3)11-25-28-19/h6-13,22-23H,5H2,1-4H3,(H,26,27,28)/b15-10+,22-9?. The SMILES string of the molecule is CCOc1c(/C(C=N)=C/NC)cnc2ccc(Nc3cc(C(C)C)cnn3)nc12. The Morgan fingerprint density at radius 1 is 1.24 bits per heavy atom. The van der Waals surface area contributed by atoms with Crippen molar-refractivity contribution in [2.24, 2.45) is 0 Å². The molecule has 0 fully saturated rings. The van der Waals surface area contributed by atoms with Gasteiger partial charge in [0.25, 0.3) is 0 Å². The number of fused-ring (bicyclic) bond motifs is 1. The van der Waals surface area contributed by atoms with Crippen LogP contribution < -0.4 is 15.4 Å². The van der Waals surface area contributed by atoms with Crippen molar-refractivity contribution in [2.75, 3.05) is 19.0 Å². The molecule has 0 aromatic carbocycles. The lowest BCUT2D eigenvalue weighted by Gasteiger charge is -2.14. The summed E-state index contributed by atoms with van der Waals surface area (Å²) in [5.41, 5.74) is 3.77. The molecule has 3 rings (SSSR count). The molecule has 0 spiro atoms. The van der Waals surface area contributed by atoms with Gasteiger partial charge in [-0.15, -0.1) is 5.10 Å². The van der Waals surface area contributed by atoms with Crippen LogP contribution in [0.1, 0.15) is 37.8 Å². The molecule has 0 aliphatic rings. The second-order valence-corrected chi connectivity index (χ2v) is 6.68. The molecule has 0 aliphatic carbocycles. The summed E-state index contributed by atoms with van der Waals surface area (Å²) in [5, 5.41) is 22.1. The fourth-order valence-electron chi connectivity index (χ4n) is 2.85. The maximum atomic E-state index is 7.72. The van der Waals surface area contributed by atoms with Crippen molar-refractivity contribution in [1.82, 2.24) is 25.5 Å². The third-order valence-electron chi connectivity index (χ3n) is 4.32. The van der Waals surface area contributed by atoms with Gasteiger partial charge in [0, 0.05) is 36.8 Å². The number of rotatable bonds is 8. The topological polar surface area (TPSA) is 109 Å². The summed E-state index contributed by atoms with van der Waals surface area (Å²) in [7, 11) is 1.78. The van der Waals surface area contributed by atoms with E-state index in [1.165, 1.54) is 6.21 Å². The predicted molar refractivity (Wildman–Crippen MR) is 116 cm³/mol. The van der Waals surface area contributed by atoms with Gasteiger partial charge in [0.15, 0.2) is 11.6 Å². The molecule has 3 aromatic heterocycles. The number of aromatic nitrogens is 4. The number of hydrogen-bond acceptors (Lipinski definition) is 8. The van der Waals surface area contributed by atoms with Crippen molar-refractivity contribution in [1.29, 1.82) is 5.41 Å². The smallest absolute Gasteiger partial charge is 0.156 e. The quantitative estimate of drug-likeness (QED) is 0.500. The Hall–Kier alpha value is -3.55. The third kappa shape index (κ3) is 4.48. The first-order valence-corrected chi connectivity index (χ1v) is 9.47. The van der Waals surface area contributed by atoms with Crippen LogP contribution in [0.25, 0.3) is 16.6 Å². The number of pyridine rings is 2. The van der Waals surface area contributed by atoms with Crippen LogP contribution in [0.15, 0.2) is 36.8 Å². The van der Waals surface area contributed by atoms with Crippen molar-refractivity contribution >= 4 is 34.5 Å². The summed E-state index contributed by atoms with van der Waals surface area (Å²) in [6.45, 7) is 6.60. The average molecular weight is 391 g/mol. The molecule has 3 heterocycles. The summed E-state index contributed by atoms with van der Waals surface area (Å²) in [4.78, 5) is 9.20. The van der Waals surface area contributed by atoms with E-state index in [1.807, 2.05) is 25.1 Å². The normalized spacial score (nSPS) is 11.6. The molecule has 8 nitrogen and oxygen atoms in total. The maximum Gasteiger partial charge on any atom is 0.156 e. The molecule has 3 N–H and O–H groups in total. The van der Waals surface area contributed by atoms with E-state index in [4.69, 9.17) is 15.1 Å². The van der Waals surface area contributed by atoms with Crippen molar-refractivity contribution < 1.29 is 4.74 Å². The molecule has 0 bridgehead atoms. The van der Waals surface area contributed by atoms with E-state index in [9.17, 15) is 0 Å². The Bertz CT molecular complexity index is 1050. The van der Waals surface area contributed by atoms with Crippen LogP contribution in [-0.4, -0.2) is 40.0 Å². The third-order valence-corrected chi connectivity index (χ3v) is 4.32. The van der Waals surface area contributed by atoms with Crippen LogP contribution in [0.3, 0.4) is 0 Å². The Morgan fingerprint density at radius 2 is 2.07 bits per heavy atom. The number of anilines is 2. The zero-order valence-electron chi connectivity index (χ0n) is 17.0. The Balaban J connectivity index is 2.07. The van der Waals surface area contributed by atoms with Gasteiger partial charge in [0.2, 0.25) is 0 Å². The van der Waals surface area contributed by atoms with Gasteiger partial charge in [0.1, 0.15) is 11.3 Å². The lowest BCUT2D eigenvalue weighted by atomic mass is 10.1. The average Bonchev–Trinajstić information content (AvgIpc) is 2.73. The number of ether oxygens (including phenoxy) is 1. The summed E-state index contributed by atoms with van der Waals surface area (Å²) >= 11 is 0. The summed E-state index contributed by atoms with van der Waals surface area (Å²) in [6.07, 6.45) is 6.46. The van der Waals surface area contributed by atoms with E-state index in [0.717, 1.165) is 5.56 Å². The fraction of sp³-hybridized carbons (Fsp3) is 0.286. The van der Waals surface area contributed by atoms with E-state index >= 15 is 0 Å². The molecule has 0 radical (unpaired) electrons. The van der Waals surface area contributed by atoms with Crippen LogP contribution in [0.5, 0.6) is 5.75 Å². The van der Waals surface area contributed by atoms with Crippen molar-refractivity contribution in [3.8, 4) is 5.75 Å². The molecule has 150 valence electrons. The van der Waals surface area contributed by atoms with Crippen LogP contribution >= 0.6 is 0 Å². The highest BCUT2D eigenvalue weighted by Crippen LogP contribution is 2.32. The monoisotopic (exact) mass is 391 g/mol. The van der Waals surface area contributed by atoms with E-state index in [1.54, 1.807) is 25.6 Å². The molecule has 29 heavy (non-hydrogen) atoms. The van der Waals surface area contributed by atoms with E-state index in [0.29, 0.717) is 52.1 Å². The number of nitrogens with one attached hydrogen (secondary N) is 3. The van der Waals surface area contributed by atoms with Crippen LogP contribution in [-0.2, 0) is 0 Å². The highest BCUT2D eigenvalue weighted by Gasteiger charge is 2.15. The lowest BCUT2D eigenvalue weighted by Crippen LogP contribution is -2.04. The minimum absolute atomic E-state index is 0.352. The van der Waals surface area contributed by atoms with Gasteiger partial charge in [-0.2, -0.15) is 5.10 Å². The van der Waals surface area contributed by atoms with Gasteiger partial charge in [0.05, 0.1) is 18.3 Å². The largest absolute Gasteiger partial charge is 0.491 e. The molecular weight excluding hydrogens is 366 g/mol. The minimum atomic E-state index is 0.352. The first kappa shape index (κ1) is 20.2. The fourth-order valence-corrected chi connectivity index (χ4v) is 2.85. The molecule has 0 aliphatic heterocycles. The van der Waals surface area contributed by atoms with Gasteiger partial charge >= 0.3 is 0 Å². The van der Waals surface area contributed by atoms with Gasteiger partial charge in [-0.05, 0) is 36.6 Å². The van der Waals surface area contributed by atoms with E-state index in [2.05, 4.69) is 39.7 Å². The van der Waals surface area contributed by atoms with Gasteiger partial charge < -0.3 is 20.8 Å². The second-order valence-electron chi connectivity index (χ2n) is 6.68. The van der Waals surface area contributed by atoms with Gasteiger partial charge in [-0.1, -0.05) is 13.8 Å². The lowest BCUT2D eigenvalue weighted by molar-refractivity contribution is 0.342. The molecule has 8 heteroatoms. The second kappa shape index (κ2) is 9.09. The summed E-state index contributed by atoms with van der Waals surface area (Å²) in [6, 6.07) is 5.68. The number of allylic oxidation sites excluding steroid dienone is 1. The Morgan fingerprint density at radius 3 is 2.76 bits per heavy atom. The molecule has 0 unspecified atom stereocenters. The maximum absolute atomic E-state index is 7.72. The molecule has 0 saturated heterocycles. The van der Waals surface area contributed by atoms with Gasteiger partial charge in [-0.25, -0.2) is 4.98 Å². The minimum Gasteiger partial charge on any atom is -0.491 e. The first-order chi connectivity index (χ1) is 14.1. The zero-order valence-corrected chi connectivity index (χ0v) is 17.0. The highest BCUT2D eigenvalue weighted by atomic mass is 16.5. The molecule has 0 atom stereocenters. The van der Waals surface area contributed by atoms with Gasteiger partial charge in [-0.3, -0.25) is 4.98 Å². The molecule has 0 amide bonds. The molecule has 3 aromatic rings. The van der Waals surface area contributed by atoms with Crippen molar-refractivity contribution in [2.45, 2.75) is 26.7 Å². The van der Waals surface area contributed by atoms with Crippen molar-refractivity contribution in [3.05, 3.63) is 47.9 Å². The number of hydrogen-bond donors (Lipinski definition) is 3. The first-order valence-electron chi connectivity index (χ1n) is 9.47. The molecular formula is C21H25N7O. The summed E-state index contributed by atoms with van der Waals surface area (Å²) in [5.74, 6) is 2.18. The van der Waals surface area contributed by atoms with Crippen LogP contribution in [0.4, 0.5) is 11.6 Å². The van der Waals surface area contributed by atoms with E-state index in [-0.39, 0.29) is 0 Å². The Kier molecular flexibility index (Phi) is 6.33. The Labute approximate surface area is 170 Å². The van der Waals surface area contributed by atoms with Crippen molar-refractivity contribution in [3.63, 3.8) is 0 Å². The zero-order chi connectivity index (χ0) is 20.8.